The Bertz CT molecular complexity index is 883. The van der Waals surface area contributed by atoms with E-state index in [1.54, 1.807) is 6.07 Å². The van der Waals surface area contributed by atoms with E-state index in [-0.39, 0.29) is 12.1 Å². The summed E-state index contributed by atoms with van der Waals surface area (Å²) in [7, 11) is 1.06. The highest BCUT2D eigenvalue weighted by Gasteiger charge is 2.44. The first-order valence-electron chi connectivity index (χ1n) is 7.36. The molecule has 2 heterocycles. The Balaban J connectivity index is 2.03. The molecule has 0 saturated heterocycles. The number of hydrogen-bond acceptors (Lipinski definition) is 7. The minimum Gasteiger partial charge on any atom is -0.481 e. The molecular formula is C15H14F3N3O4S. The molecule has 0 saturated carbocycles. The summed E-state index contributed by atoms with van der Waals surface area (Å²) in [5.41, 5.74) is -0.618. The maximum atomic E-state index is 13.0. The van der Waals surface area contributed by atoms with Crippen LogP contribution in [0.2, 0.25) is 0 Å². The van der Waals surface area contributed by atoms with E-state index in [4.69, 9.17) is 5.11 Å². The van der Waals surface area contributed by atoms with Crippen LogP contribution in [-0.2, 0) is 11.2 Å². The zero-order valence-corrected chi connectivity index (χ0v) is 14.1. The lowest BCUT2D eigenvalue weighted by Gasteiger charge is -2.43. The number of aliphatic hydroxyl groups is 2. The molecule has 2 unspecified atom stereocenters. The number of aromatic nitrogens is 1. The van der Waals surface area contributed by atoms with Gasteiger partial charge in [0, 0.05) is 18.1 Å². The van der Waals surface area contributed by atoms with Crippen LogP contribution in [0.3, 0.4) is 0 Å². The van der Waals surface area contributed by atoms with Gasteiger partial charge in [-0.2, -0.15) is 17.5 Å². The third-order valence-electron chi connectivity index (χ3n) is 4.00. The average molecular weight is 389 g/mol. The highest BCUT2D eigenvalue weighted by molar-refractivity contribution is 7.13. The standard InChI is InChI=1S/C15H14F3N3O4S/c1-20-11(15(16,17)18)6-12(22)21(14(20)25)7-2-3-10-8(4-7)9(19-26-10)5-13(23)24/h2-4,6,12,14,22,25H,5H2,1H3,(H,23,24). The smallest absolute Gasteiger partial charge is 0.431 e. The summed E-state index contributed by atoms with van der Waals surface area (Å²) in [6.07, 6.45) is -7.92. The number of hydrogen-bond donors (Lipinski definition) is 3. The Kier molecular flexibility index (Phi) is 4.54. The number of rotatable bonds is 3. The SMILES string of the molecule is CN1C(C(F)(F)F)=CC(O)N(c2ccc3snc(CC(=O)O)c3c2)C1O. The van der Waals surface area contributed by atoms with Crippen molar-refractivity contribution in [2.75, 3.05) is 11.9 Å². The second kappa shape index (κ2) is 6.41. The molecule has 2 aromatic rings. The summed E-state index contributed by atoms with van der Waals surface area (Å²) in [6, 6.07) is 4.61. The molecular weight excluding hydrogens is 375 g/mol. The molecule has 1 aromatic heterocycles. The summed E-state index contributed by atoms with van der Waals surface area (Å²) in [6.45, 7) is 0. The molecule has 0 fully saturated rings. The molecule has 3 N–H and O–H groups in total. The fraction of sp³-hybridized carbons (Fsp3) is 0.333. The highest BCUT2D eigenvalue weighted by Crippen LogP contribution is 2.36. The van der Waals surface area contributed by atoms with Crippen molar-refractivity contribution < 1.29 is 33.3 Å². The summed E-state index contributed by atoms with van der Waals surface area (Å²) in [5, 5.41) is 29.9. The molecule has 2 atom stereocenters. The third-order valence-corrected chi connectivity index (χ3v) is 4.87. The second-order valence-corrected chi connectivity index (χ2v) is 6.51. The fourth-order valence-corrected chi connectivity index (χ4v) is 3.55. The van der Waals surface area contributed by atoms with Crippen LogP contribution in [0.5, 0.6) is 0 Å². The van der Waals surface area contributed by atoms with E-state index >= 15 is 0 Å². The van der Waals surface area contributed by atoms with Gasteiger partial charge in [-0.05, 0) is 35.8 Å². The van der Waals surface area contributed by atoms with Crippen LogP contribution in [0.15, 0.2) is 30.0 Å². The number of aliphatic carboxylic acids is 1. The van der Waals surface area contributed by atoms with Gasteiger partial charge in [-0.1, -0.05) is 0 Å². The van der Waals surface area contributed by atoms with Crippen molar-refractivity contribution in [3.8, 4) is 0 Å². The summed E-state index contributed by atoms with van der Waals surface area (Å²) in [4.78, 5) is 12.5. The Hall–Kier alpha value is -2.37. The van der Waals surface area contributed by atoms with Gasteiger partial charge in [0.15, 0.2) is 6.23 Å². The van der Waals surface area contributed by atoms with Crippen molar-refractivity contribution in [3.63, 3.8) is 0 Å². The van der Waals surface area contributed by atoms with Crippen LogP contribution in [0.1, 0.15) is 5.69 Å². The normalized spacial score (nSPS) is 21.2. The van der Waals surface area contributed by atoms with Gasteiger partial charge in [-0.15, -0.1) is 0 Å². The van der Waals surface area contributed by atoms with Crippen molar-refractivity contribution >= 4 is 33.3 Å². The summed E-state index contributed by atoms with van der Waals surface area (Å²) < 4.78 is 43.7. The molecule has 0 spiro atoms. The van der Waals surface area contributed by atoms with E-state index < -0.39 is 30.4 Å². The molecule has 1 aliphatic heterocycles. The van der Waals surface area contributed by atoms with Crippen LogP contribution in [-0.4, -0.2) is 56.4 Å². The van der Waals surface area contributed by atoms with E-state index in [9.17, 15) is 28.2 Å². The van der Waals surface area contributed by atoms with E-state index in [1.807, 2.05) is 0 Å². The van der Waals surface area contributed by atoms with Crippen LogP contribution in [0.25, 0.3) is 10.1 Å². The number of carbonyl (C=O) groups is 1. The molecule has 26 heavy (non-hydrogen) atoms. The van der Waals surface area contributed by atoms with Crippen LogP contribution < -0.4 is 4.90 Å². The zero-order chi connectivity index (χ0) is 19.2. The van der Waals surface area contributed by atoms with Crippen molar-refractivity contribution in [3.05, 3.63) is 35.7 Å². The quantitative estimate of drug-likeness (QED) is 0.735. The van der Waals surface area contributed by atoms with E-state index in [1.165, 1.54) is 12.1 Å². The van der Waals surface area contributed by atoms with Crippen LogP contribution in [0.4, 0.5) is 18.9 Å². The number of carboxylic acids is 1. The number of aliphatic hydroxyl groups excluding tert-OH is 2. The van der Waals surface area contributed by atoms with Gasteiger partial charge in [0.1, 0.15) is 5.70 Å². The molecule has 11 heteroatoms. The maximum Gasteiger partial charge on any atom is 0.431 e. The molecule has 1 aliphatic rings. The van der Waals surface area contributed by atoms with Gasteiger partial charge in [-0.3, -0.25) is 9.69 Å². The topological polar surface area (TPSA) is 97.1 Å². The minimum atomic E-state index is -4.72. The lowest BCUT2D eigenvalue weighted by Crippen LogP contribution is -2.56. The lowest BCUT2D eigenvalue weighted by molar-refractivity contribution is -0.136. The molecule has 0 amide bonds. The molecule has 0 radical (unpaired) electrons. The van der Waals surface area contributed by atoms with Gasteiger partial charge in [0.2, 0.25) is 6.35 Å². The largest absolute Gasteiger partial charge is 0.481 e. The number of allylic oxidation sites excluding steroid dienone is 1. The molecule has 1 aromatic carbocycles. The zero-order valence-electron chi connectivity index (χ0n) is 13.3. The fourth-order valence-electron chi connectivity index (χ4n) is 2.78. The molecule has 140 valence electrons. The Morgan fingerprint density at radius 1 is 1.35 bits per heavy atom. The third kappa shape index (κ3) is 3.20. The summed E-state index contributed by atoms with van der Waals surface area (Å²) >= 11 is 1.09. The highest BCUT2D eigenvalue weighted by atomic mass is 32.1. The van der Waals surface area contributed by atoms with E-state index in [2.05, 4.69) is 4.37 Å². The predicted octanol–water partition coefficient (Wildman–Crippen LogP) is 1.72. The van der Waals surface area contributed by atoms with Crippen LogP contribution >= 0.6 is 11.5 Å². The van der Waals surface area contributed by atoms with Gasteiger partial charge in [0.25, 0.3) is 0 Å². The number of alkyl halides is 3. The number of carboxylic acid groups (broad SMARTS) is 1. The Morgan fingerprint density at radius 3 is 2.65 bits per heavy atom. The van der Waals surface area contributed by atoms with Gasteiger partial charge < -0.3 is 20.2 Å². The average Bonchev–Trinajstić information content (AvgIpc) is 2.92. The molecule has 3 rings (SSSR count). The molecule has 0 aliphatic carbocycles. The predicted molar refractivity (Wildman–Crippen MR) is 87.4 cm³/mol. The van der Waals surface area contributed by atoms with Crippen molar-refractivity contribution in [1.29, 1.82) is 0 Å². The van der Waals surface area contributed by atoms with Gasteiger partial charge >= 0.3 is 12.1 Å². The summed E-state index contributed by atoms with van der Waals surface area (Å²) in [5.74, 6) is -1.07. The first-order chi connectivity index (χ1) is 12.1. The Labute approximate surface area is 149 Å². The number of anilines is 1. The minimum absolute atomic E-state index is 0.230. The number of fused-ring (bicyclic) bond motifs is 1. The van der Waals surface area contributed by atoms with Gasteiger partial charge in [-0.25, -0.2) is 0 Å². The van der Waals surface area contributed by atoms with Gasteiger partial charge in [0.05, 0.1) is 16.8 Å². The van der Waals surface area contributed by atoms with Crippen molar-refractivity contribution in [1.82, 2.24) is 9.27 Å². The first-order valence-corrected chi connectivity index (χ1v) is 8.13. The van der Waals surface area contributed by atoms with Crippen molar-refractivity contribution in [2.45, 2.75) is 25.2 Å². The first kappa shape index (κ1) is 18.4. The molecule has 0 bridgehead atoms. The van der Waals surface area contributed by atoms with E-state index in [0.717, 1.165) is 23.5 Å². The number of benzene rings is 1. The second-order valence-electron chi connectivity index (χ2n) is 5.71. The van der Waals surface area contributed by atoms with Crippen LogP contribution in [0, 0.1) is 0 Å². The van der Waals surface area contributed by atoms with Crippen molar-refractivity contribution in [2.24, 2.45) is 0 Å². The maximum absolute atomic E-state index is 13.0. The molecule has 7 nitrogen and oxygen atoms in total. The number of halogens is 3. The number of nitrogens with zero attached hydrogens (tertiary/aromatic N) is 3. The Morgan fingerprint density at radius 2 is 2.04 bits per heavy atom. The lowest BCUT2D eigenvalue weighted by atomic mass is 10.1. The monoisotopic (exact) mass is 389 g/mol. The van der Waals surface area contributed by atoms with E-state index in [0.29, 0.717) is 26.8 Å².